The largest absolute Gasteiger partial charge is 0.383 e. The molecule has 1 saturated carbocycles. The van der Waals surface area contributed by atoms with Crippen LogP contribution in [0.5, 0.6) is 0 Å². The number of nitrogens with one attached hydrogen (secondary N) is 1. The van der Waals surface area contributed by atoms with Gasteiger partial charge in [-0.15, -0.1) is 11.3 Å². The number of thiazole rings is 1. The van der Waals surface area contributed by atoms with E-state index in [1.807, 2.05) is 6.07 Å². The normalized spacial score (nSPS) is 19.0. The number of rotatable bonds is 5. The number of aliphatic hydroxyl groups is 1. The highest BCUT2D eigenvalue weighted by Gasteiger charge is 2.37. The lowest BCUT2D eigenvalue weighted by atomic mass is 9.92. The van der Waals surface area contributed by atoms with Crippen LogP contribution in [-0.4, -0.2) is 51.1 Å². The molecule has 0 atom stereocenters. The van der Waals surface area contributed by atoms with Gasteiger partial charge in [-0.3, -0.25) is 0 Å². The van der Waals surface area contributed by atoms with Crippen LogP contribution in [-0.2, 0) is 5.60 Å². The highest BCUT2D eigenvalue weighted by atomic mass is 32.1. The van der Waals surface area contributed by atoms with Gasteiger partial charge >= 0.3 is 0 Å². The SMILES string of the molecule is Cc1cccc(-c2nc(C3(O)CCN(C)CC3)sc2-c2ccnc(NC3CC3)n2)c1. The van der Waals surface area contributed by atoms with Crippen molar-refractivity contribution in [3.8, 4) is 21.8 Å². The summed E-state index contributed by atoms with van der Waals surface area (Å²) in [5.41, 5.74) is 3.10. The number of hydrogen-bond acceptors (Lipinski definition) is 7. The molecule has 0 unspecified atom stereocenters. The fourth-order valence-corrected chi connectivity index (χ4v) is 5.05. The van der Waals surface area contributed by atoms with Crippen LogP contribution in [0.25, 0.3) is 21.8 Å². The highest BCUT2D eigenvalue weighted by Crippen LogP contribution is 2.43. The standard InChI is InChI=1S/C23H27N5OS/c1-15-4-3-5-16(14-15)19-20(18-8-11-24-22(26-18)25-17-6-7-17)30-21(27-19)23(29)9-12-28(2)13-10-23/h3-5,8,11,14,17,29H,6-7,9-10,12-13H2,1-2H3,(H,24,25,26). The summed E-state index contributed by atoms with van der Waals surface area (Å²) in [7, 11) is 2.10. The van der Waals surface area contributed by atoms with Gasteiger partial charge < -0.3 is 15.3 Å². The van der Waals surface area contributed by atoms with Gasteiger partial charge in [-0.25, -0.2) is 15.0 Å². The van der Waals surface area contributed by atoms with Crippen molar-refractivity contribution in [2.75, 3.05) is 25.5 Å². The molecule has 2 fully saturated rings. The fourth-order valence-electron chi connectivity index (χ4n) is 3.85. The number of aryl methyl sites for hydroxylation is 1. The van der Waals surface area contributed by atoms with Crippen LogP contribution < -0.4 is 5.32 Å². The Morgan fingerprint density at radius 3 is 2.70 bits per heavy atom. The number of nitrogens with zero attached hydrogens (tertiary/aromatic N) is 4. The van der Waals surface area contributed by atoms with E-state index in [-0.39, 0.29) is 0 Å². The average Bonchev–Trinajstić information content (AvgIpc) is 3.43. The Morgan fingerprint density at radius 1 is 1.17 bits per heavy atom. The first kappa shape index (κ1) is 19.6. The maximum absolute atomic E-state index is 11.4. The summed E-state index contributed by atoms with van der Waals surface area (Å²) in [6.45, 7) is 3.83. The molecule has 30 heavy (non-hydrogen) atoms. The third-order valence-corrected chi connectivity index (χ3v) is 7.20. The monoisotopic (exact) mass is 421 g/mol. The molecule has 7 heteroatoms. The van der Waals surface area contributed by atoms with E-state index in [0.29, 0.717) is 24.8 Å². The predicted octanol–water partition coefficient (Wildman–Crippen LogP) is 4.06. The summed E-state index contributed by atoms with van der Waals surface area (Å²) in [6.07, 6.45) is 5.54. The maximum atomic E-state index is 11.4. The van der Waals surface area contributed by atoms with Gasteiger partial charge in [-0.05, 0) is 51.8 Å². The van der Waals surface area contributed by atoms with Crippen molar-refractivity contribution in [3.05, 3.63) is 47.1 Å². The molecule has 6 nitrogen and oxygen atoms in total. The van der Waals surface area contributed by atoms with E-state index in [0.717, 1.165) is 39.9 Å². The Bertz CT molecular complexity index is 1050. The average molecular weight is 422 g/mol. The zero-order chi connectivity index (χ0) is 20.7. The van der Waals surface area contributed by atoms with Gasteiger partial charge in [0.2, 0.25) is 5.95 Å². The number of benzene rings is 1. The minimum atomic E-state index is -0.879. The van der Waals surface area contributed by atoms with Crippen molar-refractivity contribution >= 4 is 17.3 Å². The van der Waals surface area contributed by atoms with Crippen molar-refractivity contribution in [1.29, 1.82) is 0 Å². The maximum Gasteiger partial charge on any atom is 0.223 e. The number of piperidine rings is 1. The summed E-state index contributed by atoms with van der Waals surface area (Å²) in [5, 5.41) is 15.6. The lowest BCUT2D eigenvalue weighted by molar-refractivity contribution is -0.0203. The molecule has 0 bridgehead atoms. The van der Waals surface area contributed by atoms with Gasteiger partial charge in [-0.1, -0.05) is 23.8 Å². The van der Waals surface area contributed by atoms with Crippen molar-refractivity contribution in [2.24, 2.45) is 0 Å². The summed E-state index contributed by atoms with van der Waals surface area (Å²) in [6, 6.07) is 10.8. The third kappa shape index (κ3) is 3.97. The molecule has 0 radical (unpaired) electrons. The summed E-state index contributed by atoms with van der Waals surface area (Å²) in [5.74, 6) is 0.665. The Balaban J connectivity index is 1.59. The lowest BCUT2D eigenvalue weighted by Gasteiger charge is -2.34. The Morgan fingerprint density at radius 2 is 1.97 bits per heavy atom. The first-order chi connectivity index (χ1) is 14.5. The molecule has 0 amide bonds. The van der Waals surface area contributed by atoms with E-state index in [1.54, 1.807) is 17.5 Å². The molecule has 1 saturated heterocycles. The van der Waals surface area contributed by atoms with Crippen LogP contribution in [0.4, 0.5) is 5.95 Å². The van der Waals surface area contributed by atoms with E-state index in [4.69, 9.17) is 9.97 Å². The third-order valence-electron chi connectivity index (χ3n) is 5.93. The Labute approximate surface area is 181 Å². The second-order valence-electron chi connectivity index (χ2n) is 8.59. The minimum absolute atomic E-state index is 0.494. The van der Waals surface area contributed by atoms with Crippen LogP contribution in [0.1, 0.15) is 36.3 Å². The molecule has 156 valence electrons. The van der Waals surface area contributed by atoms with Crippen molar-refractivity contribution < 1.29 is 5.11 Å². The van der Waals surface area contributed by atoms with Gasteiger partial charge in [0, 0.05) is 30.9 Å². The van der Waals surface area contributed by atoms with E-state index < -0.39 is 5.60 Å². The Hall–Kier alpha value is -2.35. The van der Waals surface area contributed by atoms with Gasteiger partial charge in [0.1, 0.15) is 10.6 Å². The van der Waals surface area contributed by atoms with Crippen molar-refractivity contribution in [3.63, 3.8) is 0 Å². The van der Waals surface area contributed by atoms with E-state index in [9.17, 15) is 5.11 Å². The van der Waals surface area contributed by atoms with E-state index in [1.165, 1.54) is 18.4 Å². The minimum Gasteiger partial charge on any atom is -0.383 e. The van der Waals surface area contributed by atoms with Gasteiger partial charge in [0.05, 0.1) is 16.3 Å². The van der Waals surface area contributed by atoms with Gasteiger partial charge in [0.25, 0.3) is 0 Å². The molecule has 1 aliphatic carbocycles. The molecule has 1 aliphatic heterocycles. The van der Waals surface area contributed by atoms with Crippen LogP contribution in [0, 0.1) is 6.92 Å². The molecular formula is C23H27N5OS. The molecular weight excluding hydrogens is 394 g/mol. The number of hydrogen-bond donors (Lipinski definition) is 2. The summed E-state index contributed by atoms with van der Waals surface area (Å²) in [4.78, 5) is 17.4. The lowest BCUT2D eigenvalue weighted by Crippen LogP contribution is -2.40. The van der Waals surface area contributed by atoms with Crippen molar-refractivity contribution in [2.45, 2.75) is 44.2 Å². The van der Waals surface area contributed by atoms with E-state index >= 15 is 0 Å². The summed E-state index contributed by atoms with van der Waals surface area (Å²) < 4.78 is 0. The molecule has 0 spiro atoms. The molecule has 2 aliphatic rings. The highest BCUT2D eigenvalue weighted by molar-refractivity contribution is 7.15. The second kappa shape index (κ2) is 7.72. The first-order valence-electron chi connectivity index (χ1n) is 10.6. The molecule has 3 heterocycles. The molecule has 3 aromatic rings. The number of likely N-dealkylation sites (tertiary alicyclic amines) is 1. The molecule has 2 aromatic heterocycles. The molecule has 5 rings (SSSR count). The van der Waals surface area contributed by atoms with Crippen LogP contribution >= 0.6 is 11.3 Å². The summed E-state index contributed by atoms with van der Waals surface area (Å²) >= 11 is 1.57. The van der Waals surface area contributed by atoms with E-state index in [2.05, 4.69) is 53.4 Å². The number of aromatic nitrogens is 3. The number of anilines is 1. The Kier molecular flexibility index (Phi) is 5.05. The first-order valence-corrected chi connectivity index (χ1v) is 11.4. The smallest absolute Gasteiger partial charge is 0.223 e. The molecule has 2 N–H and O–H groups in total. The van der Waals surface area contributed by atoms with Crippen molar-refractivity contribution in [1.82, 2.24) is 19.9 Å². The zero-order valence-corrected chi connectivity index (χ0v) is 18.2. The predicted molar refractivity (Wildman–Crippen MR) is 121 cm³/mol. The van der Waals surface area contributed by atoms with Gasteiger partial charge in [0.15, 0.2) is 0 Å². The quantitative estimate of drug-likeness (QED) is 0.647. The second-order valence-corrected chi connectivity index (χ2v) is 9.58. The van der Waals surface area contributed by atoms with Gasteiger partial charge in [-0.2, -0.15) is 0 Å². The van der Waals surface area contributed by atoms with Crippen LogP contribution in [0.2, 0.25) is 0 Å². The fraction of sp³-hybridized carbons (Fsp3) is 0.435. The van der Waals surface area contributed by atoms with Crippen LogP contribution in [0.3, 0.4) is 0 Å². The topological polar surface area (TPSA) is 74.2 Å². The molecule has 1 aromatic carbocycles. The zero-order valence-electron chi connectivity index (χ0n) is 17.4. The van der Waals surface area contributed by atoms with Crippen LogP contribution in [0.15, 0.2) is 36.5 Å².